The summed E-state index contributed by atoms with van der Waals surface area (Å²) in [5.41, 5.74) is 9.49. The summed E-state index contributed by atoms with van der Waals surface area (Å²) in [6.45, 7) is 12.8. The van der Waals surface area contributed by atoms with Crippen molar-refractivity contribution in [2.75, 3.05) is 19.8 Å². The van der Waals surface area contributed by atoms with Crippen LogP contribution in [0, 0.1) is 17.3 Å². The van der Waals surface area contributed by atoms with Gasteiger partial charge in [0.2, 0.25) is 5.91 Å². The standard InChI is InChI=1S/C43H63N3O8/c1-25(2)15-16-35(50)26(3)10-7-12-30(24-48)32-18-20-43(39(32)52)34(14-9-21-47)31(17-19-42(43,6)54)28(5)36(51)22-29-11-8-13-33-37(29)38(45-23-27(4)49)41(53)46-40(33)44/h7-8,10-13,15,27,32,34-35,38-40,45,47-50,52,54H,3,9,14,16-24,44H2,1-2,4-6H3,(H,46,53)/b10-7+,30-12-,31-28+/t27-,32+,34+,35+,38-,39+,40-,42+,43+/m0/s1. The zero-order valence-electron chi connectivity index (χ0n) is 32.6. The number of Topliss-reactive ketones (excluding diaryl/α,β-unsaturated/α-hetero) is 1. The first-order valence-corrected chi connectivity index (χ1v) is 19.3. The lowest BCUT2D eigenvalue weighted by atomic mass is 9.52. The van der Waals surface area contributed by atoms with Gasteiger partial charge in [0.25, 0.3) is 0 Å². The number of carbonyl (C=O) groups is 2. The third-order valence-electron chi connectivity index (χ3n) is 12.1. The van der Waals surface area contributed by atoms with Gasteiger partial charge in [-0.3, -0.25) is 14.9 Å². The minimum absolute atomic E-state index is 0.00921. The number of fused-ring (bicyclic) bond motifs is 1. The Morgan fingerprint density at radius 3 is 2.56 bits per heavy atom. The molecule has 2 saturated carbocycles. The van der Waals surface area contributed by atoms with E-state index in [1.807, 2.05) is 38.1 Å². The molecule has 9 atom stereocenters. The molecule has 11 nitrogen and oxygen atoms in total. The Balaban J connectivity index is 1.68. The van der Waals surface area contributed by atoms with E-state index in [0.29, 0.717) is 78.4 Å². The van der Waals surface area contributed by atoms with Crippen molar-refractivity contribution in [2.24, 2.45) is 23.0 Å². The second-order valence-corrected chi connectivity index (χ2v) is 16.0. The zero-order valence-corrected chi connectivity index (χ0v) is 32.6. The van der Waals surface area contributed by atoms with E-state index in [-0.39, 0.29) is 37.9 Å². The average molecular weight is 750 g/mol. The lowest BCUT2D eigenvalue weighted by molar-refractivity contribution is -0.167. The molecule has 4 rings (SSSR count). The first-order valence-electron chi connectivity index (χ1n) is 19.3. The summed E-state index contributed by atoms with van der Waals surface area (Å²) >= 11 is 0. The van der Waals surface area contributed by atoms with Crippen molar-refractivity contribution >= 4 is 11.7 Å². The highest BCUT2D eigenvalue weighted by molar-refractivity contribution is 5.98. The number of nitrogens with two attached hydrogens (primary N) is 1. The number of nitrogens with one attached hydrogen (secondary N) is 2. The van der Waals surface area contributed by atoms with Crippen molar-refractivity contribution in [2.45, 2.75) is 122 Å². The fourth-order valence-corrected chi connectivity index (χ4v) is 9.09. The van der Waals surface area contributed by atoms with Crippen molar-refractivity contribution in [3.8, 4) is 0 Å². The van der Waals surface area contributed by atoms with Gasteiger partial charge in [-0.15, -0.1) is 0 Å². The molecule has 0 unspecified atom stereocenters. The molecule has 1 heterocycles. The first kappa shape index (κ1) is 43.5. The van der Waals surface area contributed by atoms with Gasteiger partial charge in [-0.2, -0.15) is 0 Å². The highest BCUT2D eigenvalue weighted by atomic mass is 16.3. The predicted molar refractivity (Wildman–Crippen MR) is 210 cm³/mol. The minimum atomic E-state index is -1.31. The molecule has 1 aromatic carbocycles. The fraction of sp³-hybridized carbons (Fsp3) is 0.581. The maximum atomic E-state index is 14.3. The summed E-state index contributed by atoms with van der Waals surface area (Å²) in [6, 6.07) is 4.64. The summed E-state index contributed by atoms with van der Waals surface area (Å²) < 4.78 is 0. The summed E-state index contributed by atoms with van der Waals surface area (Å²) in [5, 5.41) is 71.3. The van der Waals surface area contributed by atoms with Crippen LogP contribution in [0.25, 0.3) is 0 Å². The van der Waals surface area contributed by atoms with E-state index in [0.717, 1.165) is 11.1 Å². The molecule has 54 heavy (non-hydrogen) atoms. The smallest absolute Gasteiger partial charge is 0.243 e. The molecule has 0 bridgehead atoms. The van der Waals surface area contributed by atoms with E-state index in [2.05, 4.69) is 17.2 Å². The van der Waals surface area contributed by atoms with Gasteiger partial charge in [0.1, 0.15) is 12.2 Å². The number of aliphatic hydroxyl groups is 6. The second-order valence-electron chi connectivity index (χ2n) is 16.0. The van der Waals surface area contributed by atoms with Gasteiger partial charge in [0, 0.05) is 30.9 Å². The maximum absolute atomic E-state index is 14.3. The van der Waals surface area contributed by atoms with Crippen LogP contribution in [0.4, 0.5) is 0 Å². The van der Waals surface area contributed by atoms with Crippen molar-refractivity contribution < 1.29 is 40.2 Å². The van der Waals surface area contributed by atoms with Crippen LogP contribution in [0.3, 0.4) is 0 Å². The predicted octanol–water partition coefficient (Wildman–Crippen LogP) is 3.65. The summed E-state index contributed by atoms with van der Waals surface area (Å²) in [5.74, 6) is -1.40. The number of hydrogen-bond acceptors (Lipinski definition) is 10. The average Bonchev–Trinajstić information content (AvgIpc) is 3.46. The van der Waals surface area contributed by atoms with E-state index < -0.39 is 53.4 Å². The SMILES string of the molecule is C=C(/C=C/C=C(/CO)[C@H]1CC[C@@]2([C@H](CCCO)/C(=C(\C)C(=O)Cc3cccc4c3[C@H](NC[C@H](C)O)C(=O)N[C@@H]4N)CC[C@@]2(C)O)[C@@H]1O)[C@H](O)CC=C(C)C. The monoisotopic (exact) mass is 749 g/mol. The first-order chi connectivity index (χ1) is 25.5. The van der Waals surface area contributed by atoms with Gasteiger partial charge in [0.05, 0.1) is 30.5 Å². The molecule has 1 aliphatic heterocycles. The summed E-state index contributed by atoms with van der Waals surface area (Å²) in [7, 11) is 0. The molecule has 0 saturated heterocycles. The molecule has 2 aliphatic carbocycles. The molecule has 1 spiro atoms. The number of allylic oxidation sites excluding steroid dienone is 5. The fourth-order valence-electron chi connectivity index (χ4n) is 9.09. The number of rotatable bonds is 16. The third kappa shape index (κ3) is 9.22. The second kappa shape index (κ2) is 18.6. The number of carbonyl (C=O) groups excluding carboxylic acids is 2. The van der Waals surface area contributed by atoms with Gasteiger partial charge in [-0.1, -0.05) is 60.2 Å². The number of amides is 1. The van der Waals surface area contributed by atoms with Crippen LogP contribution in [-0.4, -0.2) is 86.0 Å². The van der Waals surface area contributed by atoms with E-state index in [9.17, 15) is 40.2 Å². The van der Waals surface area contributed by atoms with Crippen molar-refractivity contribution in [1.29, 1.82) is 0 Å². The Bertz CT molecular complexity index is 1650. The lowest BCUT2D eigenvalue weighted by Crippen LogP contribution is -2.59. The van der Waals surface area contributed by atoms with Gasteiger partial charge < -0.3 is 41.7 Å². The Morgan fingerprint density at radius 2 is 1.91 bits per heavy atom. The van der Waals surface area contributed by atoms with Crippen molar-refractivity contribution in [1.82, 2.24) is 10.6 Å². The zero-order chi connectivity index (χ0) is 40.0. The number of benzene rings is 1. The Labute approximate surface area is 320 Å². The highest BCUT2D eigenvalue weighted by Gasteiger charge is 2.64. The van der Waals surface area contributed by atoms with Crippen LogP contribution in [0.5, 0.6) is 0 Å². The minimum Gasteiger partial charge on any atom is -0.396 e. The summed E-state index contributed by atoms with van der Waals surface area (Å²) in [4.78, 5) is 27.4. The maximum Gasteiger partial charge on any atom is 0.243 e. The van der Waals surface area contributed by atoms with Gasteiger partial charge in [-0.25, -0.2) is 0 Å². The van der Waals surface area contributed by atoms with E-state index >= 15 is 0 Å². The van der Waals surface area contributed by atoms with Crippen LogP contribution in [-0.2, 0) is 16.0 Å². The molecule has 1 aromatic rings. The van der Waals surface area contributed by atoms with Crippen LogP contribution in [0.15, 0.2) is 76.9 Å². The van der Waals surface area contributed by atoms with Crippen LogP contribution in [0.2, 0.25) is 0 Å². The normalized spacial score (nSPS) is 30.6. The van der Waals surface area contributed by atoms with Crippen LogP contribution in [0.1, 0.15) is 108 Å². The number of aliphatic hydroxyl groups excluding tert-OH is 5. The van der Waals surface area contributed by atoms with E-state index in [1.54, 1.807) is 39.0 Å². The third-order valence-corrected chi connectivity index (χ3v) is 12.1. The topological polar surface area (TPSA) is 206 Å². The van der Waals surface area contributed by atoms with E-state index in [4.69, 9.17) is 5.73 Å². The molecule has 2 fully saturated rings. The molecule has 3 aliphatic rings. The molecule has 1 amide bonds. The summed E-state index contributed by atoms with van der Waals surface area (Å²) in [6.07, 6.45) is 6.80. The van der Waals surface area contributed by atoms with Gasteiger partial charge in [0.15, 0.2) is 5.78 Å². The number of ketones is 1. The Morgan fingerprint density at radius 1 is 1.19 bits per heavy atom. The van der Waals surface area contributed by atoms with E-state index in [1.165, 1.54) is 0 Å². The van der Waals surface area contributed by atoms with Crippen LogP contribution < -0.4 is 16.4 Å². The molecule has 0 aromatic heterocycles. The molecule has 10 N–H and O–H groups in total. The van der Waals surface area contributed by atoms with Crippen molar-refractivity contribution in [3.05, 3.63) is 93.6 Å². The highest BCUT2D eigenvalue weighted by Crippen LogP contribution is 2.63. The molecular formula is C43H63N3O8. The molecule has 11 heteroatoms. The molecule has 298 valence electrons. The lowest BCUT2D eigenvalue weighted by Gasteiger charge is -2.55. The largest absolute Gasteiger partial charge is 0.396 e. The van der Waals surface area contributed by atoms with Crippen LogP contribution >= 0.6 is 0 Å². The van der Waals surface area contributed by atoms with Crippen molar-refractivity contribution in [3.63, 3.8) is 0 Å². The Hall–Kier alpha value is -3.26. The van der Waals surface area contributed by atoms with Gasteiger partial charge >= 0.3 is 0 Å². The number of hydrogen-bond donors (Lipinski definition) is 9. The Kier molecular flexibility index (Phi) is 15.0. The molecular weight excluding hydrogens is 686 g/mol. The molecule has 0 radical (unpaired) electrons. The quantitative estimate of drug-likeness (QED) is 0.0682. The van der Waals surface area contributed by atoms with Gasteiger partial charge in [-0.05, 0) is 119 Å².